The molecule has 0 aromatic heterocycles. The first-order valence-electron chi connectivity index (χ1n) is 7.16. The summed E-state index contributed by atoms with van der Waals surface area (Å²) in [5.74, 6) is 1.24. The Labute approximate surface area is 119 Å². The van der Waals surface area contributed by atoms with E-state index in [-0.39, 0.29) is 11.5 Å². The first-order valence-corrected chi connectivity index (χ1v) is 7.54. The Bertz CT molecular complexity index is 458. The van der Waals surface area contributed by atoms with Gasteiger partial charge >= 0.3 is 0 Å². The number of halogens is 1. The normalized spacial score (nSPS) is 25.7. The molecule has 1 spiro atoms. The molecule has 0 heterocycles. The van der Waals surface area contributed by atoms with Crippen LogP contribution >= 0.6 is 11.6 Å². The SMILES string of the molecule is O=C1CC(Oc2ccc(Cl)cc2)C12CCCCCC2. The molecule has 3 heteroatoms. The van der Waals surface area contributed by atoms with Gasteiger partial charge in [0.15, 0.2) is 0 Å². The second kappa shape index (κ2) is 5.16. The molecule has 0 amide bonds. The summed E-state index contributed by atoms with van der Waals surface area (Å²) in [5, 5.41) is 0.709. The number of Topliss-reactive ketones (excluding diaryl/α,β-unsaturated/α-hetero) is 1. The summed E-state index contributed by atoms with van der Waals surface area (Å²) < 4.78 is 6.05. The van der Waals surface area contributed by atoms with E-state index in [1.165, 1.54) is 12.8 Å². The van der Waals surface area contributed by atoms with Gasteiger partial charge in [-0.15, -0.1) is 0 Å². The molecule has 102 valence electrons. The van der Waals surface area contributed by atoms with Crippen molar-refractivity contribution >= 4 is 17.4 Å². The molecule has 0 saturated heterocycles. The van der Waals surface area contributed by atoms with Crippen molar-refractivity contribution in [2.24, 2.45) is 5.41 Å². The third kappa shape index (κ3) is 2.38. The molecule has 2 aliphatic carbocycles. The zero-order chi connectivity index (χ0) is 13.3. The number of hydrogen-bond donors (Lipinski definition) is 0. The Morgan fingerprint density at radius 3 is 2.26 bits per heavy atom. The highest BCUT2D eigenvalue weighted by atomic mass is 35.5. The Balaban J connectivity index is 1.74. The average molecular weight is 279 g/mol. The van der Waals surface area contributed by atoms with Gasteiger partial charge in [0.05, 0.1) is 5.41 Å². The van der Waals surface area contributed by atoms with Crippen LogP contribution in [-0.2, 0) is 4.79 Å². The number of hydrogen-bond acceptors (Lipinski definition) is 2. The predicted molar refractivity (Wildman–Crippen MR) is 75.6 cm³/mol. The topological polar surface area (TPSA) is 26.3 Å². The second-order valence-electron chi connectivity index (χ2n) is 5.76. The molecule has 1 aromatic carbocycles. The Morgan fingerprint density at radius 2 is 1.68 bits per heavy atom. The number of rotatable bonds is 2. The molecule has 0 bridgehead atoms. The molecule has 19 heavy (non-hydrogen) atoms. The van der Waals surface area contributed by atoms with Gasteiger partial charge in [-0.05, 0) is 37.1 Å². The number of carbonyl (C=O) groups is 1. The van der Waals surface area contributed by atoms with E-state index < -0.39 is 0 Å². The quantitative estimate of drug-likeness (QED) is 0.801. The minimum atomic E-state index is -0.184. The van der Waals surface area contributed by atoms with Crippen LogP contribution in [0.2, 0.25) is 5.02 Å². The van der Waals surface area contributed by atoms with Gasteiger partial charge in [0, 0.05) is 11.4 Å². The summed E-state index contributed by atoms with van der Waals surface area (Å²) >= 11 is 5.87. The fourth-order valence-electron chi connectivity index (χ4n) is 3.41. The van der Waals surface area contributed by atoms with Crippen molar-refractivity contribution < 1.29 is 9.53 Å². The maximum Gasteiger partial charge on any atom is 0.146 e. The van der Waals surface area contributed by atoms with Crippen LogP contribution in [-0.4, -0.2) is 11.9 Å². The van der Waals surface area contributed by atoms with Crippen molar-refractivity contribution in [1.29, 1.82) is 0 Å². The van der Waals surface area contributed by atoms with Gasteiger partial charge in [0.2, 0.25) is 0 Å². The van der Waals surface area contributed by atoms with Crippen molar-refractivity contribution in [3.63, 3.8) is 0 Å². The highest BCUT2D eigenvalue weighted by Gasteiger charge is 2.55. The highest BCUT2D eigenvalue weighted by molar-refractivity contribution is 6.30. The minimum absolute atomic E-state index is 0.0688. The van der Waals surface area contributed by atoms with Crippen LogP contribution in [0.3, 0.4) is 0 Å². The summed E-state index contributed by atoms with van der Waals surface area (Å²) in [7, 11) is 0. The van der Waals surface area contributed by atoms with Crippen molar-refractivity contribution in [2.75, 3.05) is 0 Å². The van der Waals surface area contributed by atoms with Crippen LogP contribution in [0, 0.1) is 5.41 Å². The molecule has 2 nitrogen and oxygen atoms in total. The molecule has 2 fully saturated rings. The van der Waals surface area contributed by atoms with Gasteiger partial charge in [-0.1, -0.05) is 37.3 Å². The Kier molecular flexibility index (Phi) is 3.53. The molecule has 1 atom stereocenters. The molecule has 3 rings (SSSR count). The lowest BCUT2D eigenvalue weighted by atomic mass is 9.60. The molecular weight excluding hydrogens is 260 g/mol. The molecular formula is C16H19ClO2. The van der Waals surface area contributed by atoms with E-state index in [1.807, 2.05) is 24.3 Å². The smallest absolute Gasteiger partial charge is 0.146 e. The molecule has 0 N–H and O–H groups in total. The van der Waals surface area contributed by atoms with Crippen molar-refractivity contribution in [1.82, 2.24) is 0 Å². The summed E-state index contributed by atoms with van der Waals surface area (Å²) in [4.78, 5) is 12.1. The third-order valence-electron chi connectivity index (χ3n) is 4.63. The first kappa shape index (κ1) is 13.0. The minimum Gasteiger partial charge on any atom is -0.489 e. The molecule has 1 aromatic rings. The molecule has 2 saturated carbocycles. The zero-order valence-corrected chi connectivity index (χ0v) is 11.8. The first-order chi connectivity index (χ1) is 9.21. The van der Waals surface area contributed by atoms with Crippen molar-refractivity contribution in [3.05, 3.63) is 29.3 Å². The van der Waals surface area contributed by atoms with E-state index in [0.717, 1.165) is 31.4 Å². The number of carbonyl (C=O) groups excluding carboxylic acids is 1. The fourth-order valence-corrected chi connectivity index (χ4v) is 3.53. The number of benzene rings is 1. The summed E-state index contributed by atoms with van der Waals surface area (Å²) in [6.07, 6.45) is 7.47. The lowest BCUT2D eigenvalue weighted by molar-refractivity contribution is -0.154. The van der Waals surface area contributed by atoms with E-state index in [0.29, 0.717) is 17.2 Å². The molecule has 1 unspecified atom stereocenters. The maximum absolute atomic E-state index is 12.1. The summed E-state index contributed by atoms with van der Waals surface area (Å²) in [6.45, 7) is 0. The van der Waals surface area contributed by atoms with E-state index in [9.17, 15) is 4.79 Å². The third-order valence-corrected chi connectivity index (χ3v) is 4.88. The standard InChI is InChI=1S/C16H19ClO2/c17-12-5-7-13(8-6-12)19-15-11-14(18)16(15)9-3-1-2-4-10-16/h5-8,15H,1-4,9-11H2. The summed E-state index contributed by atoms with van der Waals surface area (Å²) in [6, 6.07) is 7.43. The van der Waals surface area contributed by atoms with E-state index in [4.69, 9.17) is 16.3 Å². The van der Waals surface area contributed by atoms with Crippen molar-refractivity contribution in [2.45, 2.75) is 51.0 Å². The number of ether oxygens (including phenoxy) is 1. The molecule has 0 aliphatic heterocycles. The van der Waals surface area contributed by atoms with Gasteiger partial charge in [0.25, 0.3) is 0 Å². The number of ketones is 1. The van der Waals surface area contributed by atoms with E-state index >= 15 is 0 Å². The van der Waals surface area contributed by atoms with Gasteiger partial charge in [-0.2, -0.15) is 0 Å². The molecule has 0 radical (unpaired) electrons. The lowest BCUT2D eigenvalue weighted by Crippen LogP contribution is -2.56. The van der Waals surface area contributed by atoms with Crippen LogP contribution in [0.15, 0.2) is 24.3 Å². The highest BCUT2D eigenvalue weighted by Crippen LogP contribution is 2.49. The van der Waals surface area contributed by atoms with Gasteiger partial charge in [0.1, 0.15) is 17.6 Å². The van der Waals surface area contributed by atoms with Crippen LogP contribution < -0.4 is 4.74 Å². The van der Waals surface area contributed by atoms with E-state index in [1.54, 1.807) is 0 Å². The predicted octanol–water partition coefficient (Wildman–Crippen LogP) is 4.40. The second-order valence-corrected chi connectivity index (χ2v) is 6.19. The molecule has 2 aliphatic rings. The Morgan fingerprint density at radius 1 is 1.05 bits per heavy atom. The fraction of sp³-hybridized carbons (Fsp3) is 0.562. The monoisotopic (exact) mass is 278 g/mol. The lowest BCUT2D eigenvalue weighted by Gasteiger charge is -2.47. The maximum atomic E-state index is 12.1. The van der Waals surface area contributed by atoms with Crippen LogP contribution in [0.5, 0.6) is 5.75 Å². The van der Waals surface area contributed by atoms with Gasteiger partial charge < -0.3 is 4.74 Å². The van der Waals surface area contributed by atoms with Crippen LogP contribution in [0.4, 0.5) is 0 Å². The average Bonchev–Trinajstić information content (AvgIpc) is 2.68. The van der Waals surface area contributed by atoms with Crippen molar-refractivity contribution in [3.8, 4) is 5.75 Å². The van der Waals surface area contributed by atoms with Crippen LogP contribution in [0.1, 0.15) is 44.9 Å². The van der Waals surface area contributed by atoms with Crippen LogP contribution in [0.25, 0.3) is 0 Å². The Hall–Kier alpha value is -1.02. The van der Waals surface area contributed by atoms with E-state index in [2.05, 4.69) is 0 Å². The summed E-state index contributed by atoms with van der Waals surface area (Å²) in [5.41, 5.74) is -0.184. The zero-order valence-electron chi connectivity index (χ0n) is 11.0. The largest absolute Gasteiger partial charge is 0.489 e. The van der Waals surface area contributed by atoms with Gasteiger partial charge in [-0.25, -0.2) is 0 Å². The van der Waals surface area contributed by atoms with Gasteiger partial charge in [-0.3, -0.25) is 4.79 Å².